The van der Waals surface area contributed by atoms with E-state index in [4.69, 9.17) is 0 Å². The Bertz CT molecular complexity index is 537. The standard InChI is InChI=1S/C15H17NO2S/c1-2-5-13(14-8-4-9-19-14)16-15(18)11-6-3-7-12(17)10-11/h3-4,6-10,13,17H,2,5H2,1H3,(H,16,18). The summed E-state index contributed by atoms with van der Waals surface area (Å²) in [6, 6.07) is 10.5. The number of phenols is 1. The number of phenolic OH excluding ortho intramolecular Hbond substituents is 1. The Balaban J connectivity index is 2.11. The molecule has 0 radical (unpaired) electrons. The Morgan fingerprint density at radius 2 is 2.21 bits per heavy atom. The highest BCUT2D eigenvalue weighted by atomic mass is 32.1. The molecule has 1 amide bonds. The van der Waals surface area contributed by atoms with E-state index in [2.05, 4.69) is 12.2 Å². The summed E-state index contributed by atoms with van der Waals surface area (Å²) in [4.78, 5) is 13.3. The predicted molar refractivity (Wildman–Crippen MR) is 77.5 cm³/mol. The van der Waals surface area contributed by atoms with E-state index in [1.807, 2.05) is 17.5 Å². The minimum Gasteiger partial charge on any atom is -0.508 e. The zero-order chi connectivity index (χ0) is 13.7. The van der Waals surface area contributed by atoms with Gasteiger partial charge in [0.05, 0.1) is 6.04 Å². The monoisotopic (exact) mass is 275 g/mol. The lowest BCUT2D eigenvalue weighted by atomic mass is 10.1. The molecule has 3 nitrogen and oxygen atoms in total. The van der Waals surface area contributed by atoms with E-state index in [0.717, 1.165) is 17.7 Å². The summed E-state index contributed by atoms with van der Waals surface area (Å²) >= 11 is 1.65. The Hall–Kier alpha value is -1.81. The fourth-order valence-electron chi connectivity index (χ4n) is 1.95. The Kier molecular flexibility index (Phi) is 4.58. The van der Waals surface area contributed by atoms with Gasteiger partial charge in [-0.2, -0.15) is 0 Å². The number of thiophene rings is 1. The van der Waals surface area contributed by atoms with E-state index in [1.54, 1.807) is 29.5 Å². The maximum atomic E-state index is 12.2. The van der Waals surface area contributed by atoms with Gasteiger partial charge in [-0.25, -0.2) is 0 Å². The van der Waals surface area contributed by atoms with Crippen LogP contribution in [0.1, 0.15) is 41.0 Å². The van der Waals surface area contributed by atoms with Crippen LogP contribution >= 0.6 is 11.3 Å². The number of hydrogen-bond donors (Lipinski definition) is 2. The van der Waals surface area contributed by atoms with Gasteiger partial charge >= 0.3 is 0 Å². The second kappa shape index (κ2) is 6.38. The molecule has 0 aliphatic carbocycles. The summed E-state index contributed by atoms with van der Waals surface area (Å²) < 4.78 is 0. The SMILES string of the molecule is CCCC(NC(=O)c1cccc(O)c1)c1cccs1. The summed E-state index contributed by atoms with van der Waals surface area (Å²) in [5, 5.41) is 14.4. The number of rotatable bonds is 5. The van der Waals surface area contributed by atoms with Gasteiger partial charge in [0, 0.05) is 10.4 Å². The largest absolute Gasteiger partial charge is 0.508 e. The van der Waals surface area contributed by atoms with Crippen molar-refractivity contribution in [2.75, 3.05) is 0 Å². The third kappa shape index (κ3) is 3.58. The average Bonchev–Trinajstić information content (AvgIpc) is 2.92. The molecule has 0 saturated heterocycles. The van der Waals surface area contributed by atoms with Gasteiger partial charge in [-0.05, 0) is 36.1 Å². The minimum absolute atomic E-state index is 0.0415. The third-order valence-corrected chi connectivity index (χ3v) is 3.86. The van der Waals surface area contributed by atoms with Crippen LogP contribution in [0.4, 0.5) is 0 Å². The van der Waals surface area contributed by atoms with Gasteiger partial charge in [0.1, 0.15) is 5.75 Å². The Morgan fingerprint density at radius 1 is 1.37 bits per heavy atom. The Labute approximate surface area is 116 Å². The van der Waals surface area contributed by atoms with Gasteiger partial charge in [-0.3, -0.25) is 4.79 Å². The van der Waals surface area contributed by atoms with Gasteiger partial charge in [-0.1, -0.05) is 25.5 Å². The second-order valence-electron chi connectivity index (χ2n) is 4.38. The first kappa shape index (κ1) is 13.6. The van der Waals surface area contributed by atoms with Crippen molar-refractivity contribution in [1.29, 1.82) is 0 Å². The molecular formula is C15H17NO2S. The smallest absolute Gasteiger partial charge is 0.251 e. The van der Waals surface area contributed by atoms with Crippen molar-refractivity contribution < 1.29 is 9.90 Å². The number of amides is 1. The predicted octanol–water partition coefficient (Wildman–Crippen LogP) is 3.72. The number of benzene rings is 1. The van der Waals surface area contributed by atoms with E-state index in [0.29, 0.717) is 5.56 Å². The lowest BCUT2D eigenvalue weighted by molar-refractivity contribution is 0.0935. The molecule has 4 heteroatoms. The zero-order valence-corrected chi connectivity index (χ0v) is 11.6. The van der Waals surface area contributed by atoms with Gasteiger partial charge in [0.25, 0.3) is 5.91 Å². The van der Waals surface area contributed by atoms with E-state index >= 15 is 0 Å². The number of nitrogens with one attached hydrogen (secondary N) is 1. The molecule has 0 aliphatic heterocycles. The number of aromatic hydroxyl groups is 1. The summed E-state index contributed by atoms with van der Waals surface area (Å²) in [5.41, 5.74) is 0.484. The van der Waals surface area contributed by atoms with Gasteiger partial charge < -0.3 is 10.4 Å². The van der Waals surface area contributed by atoms with Crippen LogP contribution in [0.3, 0.4) is 0 Å². The molecule has 0 saturated carbocycles. The van der Waals surface area contributed by atoms with Crippen LogP contribution in [0.15, 0.2) is 41.8 Å². The van der Waals surface area contributed by atoms with E-state index in [1.165, 1.54) is 6.07 Å². The zero-order valence-electron chi connectivity index (χ0n) is 10.8. The minimum atomic E-state index is -0.150. The first-order chi connectivity index (χ1) is 9.20. The lowest BCUT2D eigenvalue weighted by Crippen LogP contribution is -2.27. The quantitative estimate of drug-likeness (QED) is 0.873. The summed E-state index contributed by atoms with van der Waals surface area (Å²) in [5.74, 6) is -0.0430. The van der Waals surface area contributed by atoms with Crippen LogP contribution in [0.5, 0.6) is 5.75 Å². The van der Waals surface area contributed by atoms with Crippen LogP contribution in [-0.2, 0) is 0 Å². The molecule has 2 N–H and O–H groups in total. The summed E-state index contributed by atoms with van der Waals surface area (Å²) in [6.07, 6.45) is 1.91. The molecule has 1 aromatic carbocycles. The molecule has 1 heterocycles. The molecule has 1 atom stereocenters. The molecule has 0 bridgehead atoms. The molecule has 1 unspecified atom stereocenters. The molecule has 0 aliphatic rings. The van der Waals surface area contributed by atoms with Gasteiger partial charge in [0.2, 0.25) is 0 Å². The van der Waals surface area contributed by atoms with E-state index in [-0.39, 0.29) is 17.7 Å². The fraction of sp³-hybridized carbons (Fsp3) is 0.267. The third-order valence-electron chi connectivity index (χ3n) is 2.88. The number of hydrogen-bond acceptors (Lipinski definition) is 3. The highest BCUT2D eigenvalue weighted by Crippen LogP contribution is 2.24. The van der Waals surface area contributed by atoms with Crippen molar-refractivity contribution in [2.45, 2.75) is 25.8 Å². The van der Waals surface area contributed by atoms with Crippen molar-refractivity contribution >= 4 is 17.2 Å². The average molecular weight is 275 g/mol. The second-order valence-corrected chi connectivity index (χ2v) is 5.36. The molecule has 1 aromatic heterocycles. The van der Waals surface area contributed by atoms with Crippen LogP contribution in [-0.4, -0.2) is 11.0 Å². The number of carbonyl (C=O) groups excluding carboxylic acids is 1. The van der Waals surface area contributed by atoms with Crippen molar-refractivity contribution in [3.05, 3.63) is 52.2 Å². The van der Waals surface area contributed by atoms with Crippen molar-refractivity contribution in [3.63, 3.8) is 0 Å². The van der Waals surface area contributed by atoms with Crippen LogP contribution in [0, 0.1) is 0 Å². The highest BCUT2D eigenvalue weighted by Gasteiger charge is 2.15. The number of carbonyl (C=O) groups is 1. The molecule has 100 valence electrons. The molecule has 0 fully saturated rings. The normalized spacial score (nSPS) is 12.1. The molecular weight excluding hydrogens is 258 g/mol. The van der Waals surface area contributed by atoms with E-state index in [9.17, 15) is 9.90 Å². The summed E-state index contributed by atoms with van der Waals surface area (Å²) in [6.45, 7) is 2.10. The first-order valence-electron chi connectivity index (χ1n) is 6.34. The maximum Gasteiger partial charge on any atom is 0.251 e. The lowest BCUT2D eigenvalue weighted by Gasteiger charge is -2.16. The summed E-state index contributed by atoms with van der Waals surface area (Å²) in [7, 11) is 0. The topological polar surface area (TPSA) is 49.3 Å². The fourth-order valence-corrected chi connectivity index (χ4v) is 2.76. The van der Waals surface area contributed by atoms with Gasteiger partial charge in [0.15, 0.2) is 0 Å². The van der Waals surface area contributed by atoms with Crippen molar-refractivity contribution in [1.82, 2.24) is 5.32 Å². The molecule has 2 aromatic rings. The highest BCUT2D eigenvalue weighted by molar-refractivity contribution is 7.10. The van der Waals surface area contributed by atoms with Crippen LogP contribution in [0.25, 0.3) is 0 Å². The maximum absolute atomic E-state index is 12.2. The molecule has 0 spiro atoms. The Morgan fingerprint density at radius 3 is 2.84 bits per heavy atom. The molecule has 19 heavy (non-hydrogen) atoms. The van der Waals surface area contributed by atoms with Gasteiger partial charge in [-0.15, -0.1) is 11.3 Å². The van der Waals surface area contributed by atoms with Crippen LogP contribution < -0.4 is 5.32 Å². The first-order valence-corrected chi connectivity index (χ1v) is 7.22. The van der Waals surface area contributed by atoms with Crippen molar-refractivity contribution in [2.24, 2.45) is 0 Å². The van der Waals surface area contributed by atoms with E-state index < -0.39 is 0 Å². The molecule has 2 rings (SSSR count). The van der Waals surface area contributed by atoms with Crippen LogP contribution in [0.2, 0.25) is 0 Å². The van der Waals surface area contributed by atoms with Crippen molar-refractivity contribution in [3.8, 4) is 5.75 Å².